The molecule has 0 spiro atoms. The van der Waals surface area contributed by atoms with Crippen molar-refractivity contribution in [1.29, 1.82) is 0 Å². The zero-order valence-corrected chi connectivity index (χ0v) is 10.5. The maximum atomic E-state index is 11.4. The Morgan fingerprint density at radius 1 is 1.42 bits per heavy atom. The van der Waals surface area contributed by atoms with Gasteiger partial charge in [-0.05, 0) is 31.5 Å². The molecule has 0 radical (unpaired) electrons. The molecule has 0 aliphatic carbocycles. The summed E-state index contributed by atoms with van der Waals surface area (Å²) >= 11 is 0. The van der Waals surface area contributed by atoms with Crippen LogP contribution in [0.15, 0.2) is 27.4 Å². The first kappa shape index (κ1) is 13.1. The van der Waals surface area contributed by atoms with E-state index in [2.05, 4.69) is 0 Å². The van der Waals surface area contributed by atoms with E-state index >= 15 is 0 Å². The molecule has 1 aromatic carbocycles. The Bertz CT molecular complexity index is 689. The molecule has 0 fully saturated rings. The number of hydrogen-bond acceptors (Lipinski definition) is 5. The van der Waals surface area contributed by atoms with Gasteiger partial charge in [0.05, 0.1) is 0 Å². The molecule has 6 nitrogen and oxygen atoms in total. The molecule has 1 heterocycles. The van der Waals surface area contributed by atoms with Crippen LogP contribution in [0.3, 0.4) is 0 Å². The van der Waals surface area contributed by atoms with Crippen LogP contribution in [-0.2, 0) is 4.79 Å². The average Bonchev–Trinajstić information content (AvgIpc) is 2.38. The molecule has 0 unspecified atom stereocenters. The molecule has 0 saturated heterocycles. The summed E-state index contributed by atoms with van der Waals surface area (Å²) < 4.78 is 10.4. The number of nitrogens with one attached hydrogen (secondary N) is 1. The van der Waals surface area contributed by atoms with Crippen molar-refractivity contribution < 1.29 is 19.2 Å². The highest BCUT2D eigenvalue weighted by Gasteiger charge is 2.11. The van der Waals surface area contributed by atoms with Gasteiger partial charge in [0, 0.05) is 17.0 Å². The molecule has 2 rings (SSSR count). The van der Waals surface area contributed by atoms with Crippen LogP contribution in [-0.4, -0.2) is 17.7 Å². The van der Waals surface area contributed by atoms with Gasteiger partial charge < -0.3 is 9.15 Å². The topological polar surface area (TPSA) is 88.8 Å². The smallest absolute Gasteiger partial charge is 0.336 e. The molecule has 1 aromatic heterocycles. The number of carbonyl (C=O) groups excluding carboxylic acids is 1. The summed E-state index contributed by atoms with van der Waals surface area (Å²) in [6.45, 7) is 3.23. The largest absolute Gasteiger partial charge is 0.483 e. The van der Waals surface area contributed by atoms with Gasteiger partial charge in [-0.25, -0.2) is 10.3 Å². The molecule has 0 atom stereocenters. The fraction of sp³-hybridized carbons (Fsp3) is 0.231. The third kappa shape index (κ3) is 2.58. The minimum absolute atomic E-state index is 0.321. The molecule has 6 heteroatoms. The van der Waals surface area contributed by atoms with Gasteiger partial charge in [0.25, 0.3) is 5.91 Å². The van der Waals surface area contributed by atoms with Gasteiger partial charge in [0.1, 0.15) is 11.3 Å². The van der Waals surface area contributed by atoms with Crippen LogP contribution in [0.2, 0.25) is 0 Å². The summed E-state index contributed by atoms with van der Waals surface area (Å²) in [5.74, 6) is -0.241. The van der Waals surface area contributed by atoms with Crippen LogP contribution in [0.4, 0.5) is 0 Å². The van der Waals surface area contributed by atoms with E-state index < -0.39 is 11.5 Å². The number of aryl methyl sites for hydroxylation is 2. The van der Waals surface area contributed by atoms with Crippen molar-refractivity contribution >= 4 is 16.9 Å². The summed E-state index contributed by atoms with van der Waals surface area (Å²) in [6.07, 6.45) is 0. The second-order valence-electron chi connectivity index (χ2n) is 4.14. The quantitative estimate of drug-likeness (QED) is 0.495. The van der Waals surface area contributed by atoms with E-state index in [1.54, 1.807) is 19.1 Å². The Morgan fingerprint density at radius 2 is 2.16 bits per heavy atom. The number of amides is 1. The van der Waals surface area contributed by atoms with E-state index in [0.29, 0.717) is 16.9 Å². The lowest BCUT2D eigenvalue weighted by molar-refractivity contribution is -0.131. The maximum Gasteiger partial charge on any atom is 0.336 e. The van der Waals surface area contributed by atoms with Gasteiger partial charge in [-0.1, -0.05) is 0 Å². The first-order valence-electron chi connectivity index (χ1n) is 5.62. The van der Waals surface area contributed by atoms with E-state index in [-0.39, 0.29) is 6.61 Å². The van der Waals surface area contributed by atoms with E-state index in [9.17, 15) is 9.59 Å². The van der Waals surface area contributed by atoms with Crippen LogP contribution >= 0.6 is 0 Å². The molecule has 100 valence electrons. The van der Waals surface area contributed by atoms with Gasteiger partial charge >= 0.3 is 5.63 Å². The van der Waals surface area contributed by atoms with Crippen LogP contribution < -0.4 is 15.8 Å². The number of hydrogen-bond donors (Lipinski definition) is 2. The Balaban J connectivity index is 2.45. The Kier molecular flexibility index (Phi) is 3.52. The maximum absolute atomic E-state index is 11.4. The molecule has 2 aromatic rings. The van der Waals surface area contributed by atoms with Crippen molar-refractivity contribution in [2.45, 2.75) is 13.8 Å². The third-order valence-corrected chi connectivity index (χ3v) is 2.80. The number of benzene rings is 1. The van der Waals surface area contributed by atoms with E-state index in [1.165, 1.54) is 11.5 Å². The van der Waals surface area contributed by atoms with Gasteiger partial charge in [-0.15, -0.1) is 0 Å². The minimum Gasteiger partial charge on any atom is -0.483 e. The van der Waals surface area contributed by atoms with Crippen LogP contribution in [0.5, 0.6) is 5.75 Å². The highest BCUT2D eigenvalue weighted by Crippen LogP contribution is 2.27. The first-order valence-corrected chi connectivity index (χ1v) is 5.62. The lowest BCUT2D eigenvalue weighted by atomic mass is 10.1. The van der Waals surface area contributed by atoms with Gasteiger partial charge in [0.15, 0.2) is 6.61 Å². The molecule has 0 saturated carbocycles. The van der Waals surface area contributed by atoms with Crippen molar-refractivity contribution in [2.75, 3.05) is 6.61 Å². The second-order valence-corrected chi connectivity index (χ2v) is 4.14. The van der Waals surface area contributed by atoms with Crippen molar-refractivity contribution in [3.8, 4) is 5.75 Å². The normalized spacial score (nSPS) is 10.5. The fourth-order valence-electron chi connectivity index (χ4n) is 1.83. The summed E-state index contributed by atoms with van der Waals surface area (Å²) in [5.41, 5.74) is 2.92. The lowest BCUT2D eigenvalue weighted by Gasteiger charge is -2.10. The molecule has 2 N–H and O–H groups in total. The molecule has 1 amide bonds. The van der Waals surface area contributed by atoms with Crippen LogP contribution in [0.1, 0.15) is 11.1 Å². The van der Waals surface area contributed by atoms with E-state index in [1.807, 2.05) is 6.92 Å². The Morgan fingerprint density at radius 3 is 2.84 bits per heavy atom. The first-order chi connectivity index (χ1) is 9.02. The zero-order chi connectivity index (χ0) is 14.0. The lowest BCUT2D eigenvalue weighted by Crippen LogP contribution is -2.25. The van der Waals surface area contributed by atoms with Crippen molar-refractivity contribution in [3.05, 3.63) is 39.7 Å². The molecular formula is C13H13NO5. The Hall–Kier alpha value is -2.34. The predicted molar refractivity (Wildman–Crippen MR) is 67.4 cm³/mol. The number of hydroxylamine groups is 1. The van der Waals surface area contributed by atoms with Crippen molar-refractivity contribution in [2.24, 2.45) is 0 Å². The zero-order valence-electron chi connectivity index (χ0n) is 10.5. The minimum atomic E-state index is -0.662. The second kappa shape index (κ2) is 5.11. The number of carbonyl (C=O) groups is 1. The molecule has 0 aliphatic heterocycles. The predicted octanol–water partition coefficient (Wildman–Crippen LogP) is 1.29. The highest BCUT2D eigenvalue weighted by atomic mass is 16.5. The molecular weight excluding hydrogens is 250 g/mol. The van der Waals surface area contributed by atoms with Gasteiger partial charge in [-0.2, -0.15) is 0 Å². The number of rotatable bonds is 3. The summed E-state index contributed by atoms with van der Waals surface area (Å²) in [5, 5.41) is 9.20. The van der Waals surface area contributed by atoms with Crippen LogP contribution in [0.25, 0.3) is 11.0 Å². The SMILES string of the molecule is Cc1cc(=O)oc2c(C)c(OCC(=O)NO)ccc12. The average molecular weight is 263 g/mol. The van der Waals surface area contributed by atoms with Gasteiger partial charge in [-0.3, -0.25) is 10.0 Å². The van der Waals surface area contributed by atoms with Crippen molar-refractivity contribution in [3.63, 3.8) is 0 Å². The standard InChI is InChI=1S/C13H13NO5/c1-7-5-12(16)19-13-8(2)10(4-3-9(7)13)18-6-11(15)14-17/h3-5,17H,6H2,1-2H3,(H,14,15). The summed E-state index contributed by atoms with van der Waals surface area (Å²) in [4.78, 5) is 22.3. The van der Waals surface area contributed by atoms with Crippen molar-refractivity contribution in [1.82, 2.24) is 5.48 Å². The fourth-order valence-corrected chi connectivity index (χ4v) is 1.83. The number of ether oxygens (including phenoxy) is 1. The molecule has 0 aliphatic rings. The van der Waals surface area contributed by atoms with E-state index in [4.69, 9.17) is 14.4 Å². The van der Waals surface area contributed by atoms with E-state index in [0.717, 1.165) is 10.9 Å². The molecule has 19 heavy (non-hydrogen) atoms. The van der Waals surface area contributed by atoms with Crippen LogP contribution in [0, 0.1) is 13.8 Å². The molecule has 0 bridgehead atoms. The van der Waals surface area contributed by atoms with Gasteiger partial charge in [0.2, 0.25) is 0 Å². The Labute approximate surface area is 108 Å². The summed E-state index contributed by atoms with van der Waals surface area (Å²) in [7, 11) is 0. The number of fused-ring (bicyclic) bond motifs is 1. The summed E-state index contributed by atoms with van der Waals surface area (Å²) in [6, 6.07) is 4.86. The monoisotopic (exact) mass is 263 g/mol. The highest BCUT2D eigenvalue weighted by molar-refractivity contribution is 5.85. The third-order valence-electron chi connectivity index (χ3n) is 2.80.